The number of hydrogen-bond donors (Lipinski definition) is 2. The van der Waals surface area contributed by atoms with Crippen LogP contribution in [0.2, 0.25) is 0 Å². The number of carbonyl (C=O) groups excluding carboxylic acids is 1. The van der Waals surface area contributed by atoms with Gasteiger partial charge >= 0.3 is 0 Å². The predicted molar refractivity (Wildman–Crippen MR) is 127 cm³/mol. The Morgan fingerprint density at radius 1 is 0.968 bits per heavy atom. The van der Waals surface area contributed by atoms with E-state index in [0.29, 0.717) is 23.8 Å². The van der Waals surface area contributed by atoms with Gasteiger partial charge in [0.05, 0.1) is 11.3 Å². The summed E-state index contributed by atoms with van der Waals surface area (Å²) in [6.45, 7) is 10.5. The van der Waals surface area contributed by atoms with E-state index in [0.717, 1.165) is 35.5 Å². The maximum atomic E-state index is 13.1. The molecule has 0 aliphatic heterocycles. The highest BCUT2D eigenvalue weighted by Crippen LogP contribution is 2.38. The second-order valence-electron chi connectivity index (χ2n) is 9.28. The average molecular weight is 415 g/mol. The number of carbonyl (C=O) groups is 1. The third kappa shape index (κ3) is 4.61. The molecule has 5 nitrogen and oxygen atoms in total. The predicted octanol–water partition coefficient (Wildman–Crippen LogP) is 6.30. The highest BCUT2D eigenvalue weighted by Gasteiger charge is 2.35. The highest BCUT2D eigenvalue weighted by atomic mass is 16.1. The van der Waals surface area contributed by atoms with Crippen LogP contribution in [0.4, 0.5) is 23.1 Å². The second-order valence-corrected chi connectivity index (χ2v) is 9.28. The summed E-state index contributed by atoms with van der Waals surface area (Å²) in [5.41, 5.74) is 6.77. The zero-order valence-corrected chi connectivity index (χ0v) is 19.0. The molecule has 0 unspecified atom stereocenters. The van der Waals surface area contributed by atoms with E-state index in [2.05, 4.69) is 69.5 Å². The minimum absolute atomic E-state index is 0.0948. The van der Waals surface area contributed by atoms with Crippen molar-refractivity contribution in [2.75, 3.05) is 10.6 Å². The Labute approximate surface area is 184 Å². The minimum atomic E-state index is -0.116. The summed E-state index contributed by atoms with van der Waals surface area (Å²) >= 11 is 0. The van der Waals surface area contributed by atoms with E-state index in [1.54, 1.807) is 0 Å². The number of hydrogen-bond acceptors (Lipinski definition) is 5. The number of fused-ring (bicyclic) bond motifs is 1. The Morgan fingerprint density at radius 2 is 1.71 bits per heavy atom. The van der Waals surface area contributed by atoms with E-state index in [1.165, 1.54) is 11.1 Å². The smallest absolute Gasteiger partial charge is 0.229 e. The molecule has 2 aromatic carbocycles. The monoisotopic (exact) mass is 414 g/mol. The van der Waals surface area contributed by atoms with Gasteiger partial charge in [0.25, 0.3) is 0 Å². The standard InChI is InChI=1S/C26H30N4O/c1-6-18-8-10-19(11-9-18)27-25-29-21-14-26(4,5)15-22(31)23(21)24(30-25)28-20-12-7-16(2)13-17(20)3/h7-13H,6,14-15H2,1-5H3,(H2,27,28,29,30). The van der Waals surface area contributed by atoms with Crippen molar-refractivity contribution in [3.8, 4) is 0 Å². The maximum absolute atomic E-state index is 13.1. The number of anilines is 4. The van der Waals surface area contributed by atoms with Crippen molar-refractivity contribution in [2.45, 2.75) is 53.9 Å². The fourth-order valence-electron chi connectivity index (χ4n) is 4.15. The van der Waals surface area contributed by atoms with Gasteiger partial charge in [-0.1, -0.05) is 50.6 Å². The van der Waals surface area contributed by atoms with Gasteiger partial charge in [0.2, 0.25) is 5.95 Å². The molecule has 0 atom stereocenters. The number of ketones is 1. The van der Waals surface area contributed by atoms with E-state index >= 15 is 0 Å². The Kier molecular flexibility index (Phi) is 5.52. The SMILES string of the molecule is CCc1ccc(Nc2nc3c(c(Nc4ccc(C)cc4C)n2)C(=O)CC(C)(C)C3)cc1. The molecule has 1 aliphatic carbocycles. The highest BCUT2D eigenvalue weighted by molar-refractivity contribution is 6.03. The lowest BCUT2D eigenvalue weighted by Gasteiger charge is -2.30. The van der Waals surface area contributed by atoms with Gasteiger partial charge < -0.3 is 10.6 Å². The van der Waals surface area contributed by atoms with Crippen LogP contribution in [-0.2, 0) is 12.8 Å². The van der Waals surface area contributed by atoms with Crippen LogP contribution in [0.5, 0.6) is 0 Å². The van der Waals surface area contributed by atoms with E-state index in [-0.39, 0.29) is 11.2 Å². The van der Waals surface area contributed by atoms with Gasteiger partial charge in [-0.2, -0.15) is 4.98 Å². The molecule has 0 fully saturated rings. The van der Waals surface area contributed by atoms with Gasteiger partial charge in [-0.25, -0.2) is 4.98 Å². The van der Waals surface area contributed by atoms with Crippen LogP contribution < -0.4 is 10.6 Å². The quantitative estimate of drug-likeness (QED) is 0.513. The van der Waals surface area contributed by atoms with Gasteiger partial charge in [-0.3, -0.25) is 4.79 Å². The van der Waals surface area contributed by atoms with Gasteiger partial charge in [-0.05, 0) is 61.4 Å². The molecule has 2 N–H and O–H groups in total. The molecule has 31 heavy (non-hydrogen) atoms. The summed E-state index contributed by atoms with van der Waals surface area (Å²) in [5.74, 6) is 1.17. The summed E-state index contributed by atoms with van der Waals surface area (Å²) in [7, 11) is 0. The van der Waals surface area contributed by atoms with E-state index < -0.39 is 0 Å². The van der Waals surface area contributed by atoms with Crippen LogP contribution in [0, 0.1) is 19.3 Å². The second kappa shape index (κ2) is 8.14. The first-order valence-corrected chi connectivity index (χ1v) is 10.9. The molecule has 4 rings (SSSR count). The number of nitrogens with one attached hydrogen (secondary N) is 2. The molecule has 0 saturated heterocycles. The Bertz CT molecular complexity index is 1130. The molecule has 1 aromatic heterocycles. The van der Waals surface area contributed by atoms with Gasteiger partial charge in [0, 0.05) is 17.8 Å². The normalized spacial score (nSPS) is 14.8. The first-order valence-electron chi connectivity index (χ1n) is 10.9. The maximum Gasteiger partial charge on any atom is 0.229 e. The molecule has 0 spiro atoms. The van der Waals surface area contributed by atoms with Crippen molar-refractivity contribution in [3.05, 3.63) is 70.4 Å². The van der Waals surface area contributed by atoms with Crippen LogP contribution in [0.1, 0.15) is 59.9 Å². The molecular formula is C26H30N4O. The fraction of sp³-hybridized carbons (Fsp3) is 0.346. The fourth-order valence-corrected chi connectivity index (χ4v) is 4.15. The zero-order valence-electron chi connectivity index (χ0n) is 19.0. The molecule has 0 radical (unpaired) electrons. The lowest BCUT2D eigenvalue weighted by molar-refractivity contribution is 0.0911. The van der Waals surface area contributed by atoms with Crippen LogP contribution in [0.3, 0.4) is 0 Å². The number of aromatic nitrogens is 2. The van der Waals surface area contributed by atoms with Gasteiger partial charge in [0.1, 0.15) is 5.82 Å². The summed E-state index contributed by atoms with van der Waals surface area (Å²) in [5, 5.41) is 6.74. The van der Waals surface area contributed by atoms with Gasteiger partial charge in [-0.15, -0.1) is 0 Å². The van der Waals surface area contributed by atoms with Crippen LogP contribution in [0.15, 0.2) is 42.5 Å². The zero-order chi connectivity index (χ0) is 22.2. The first kappa shape index (κ1) is 21.0. The van der Waals surface area contributed by atoms with Crippen molar-refractivity contribution in [3.63, 3.8) is 0 Å². The Balaban J connectivity index is 1.76. The molecule has 1 heterocycles. The number of rotatable bonds is 5. The Morgan fingerprint density at radius 3 is 2.39 bits per heavy atom. The number of aryl methyl sites for hydroxylation is 3. The van der Waals surface area contributed by atoms with Crippen molar-refractivity contribution < 1.29 is 4.79 Å². The average Bonchev–Trinajstić information content (AvgIpc) is 2.69. The van der Waals surface area contributed by atoms with Crippen molar-refractivity contribution >= 4 is 28.9 Å². The topological polar surface area (TPSA) is 66.9 Å². The Hall–Kier alpha value is -3.21. The van der Waals surface area contributed by atoms with Crippen LogP contribution in [0.25, 0.3) is 0 Å². The molecule has 3 aromatic rings. The van der Waals surface area contributed by atoms with E-state index in [9.17, 15) is 4.79 Å². The number of Topliss-reactive ketones (excluding diaryl/α,β-unsaturated/α-hetero) is 1. The third-order valence-corrected chi connectivity index (χ3v) is 5.80. The summed E-state index contributed by atoms with van der Waals surface area (Å²) in [6, 6.07) is 14.5. The molecule has 160 valence electrons. The van der Waals surface area contributed by atoms with Crippen LogP contribution in [-0.4, -0.2) is 15.8 Å². The minimum Gasteiger partial charge on any atom is -0.339 e. The molecule has 5 heteroatoms. The van der Waals surface area contributed by atoms with E-state index in [1.807, 2.05) is 18.2 Å². The third-order valence-electron chi connectivity index (χ3n) is 5.80. The molecular weight excluding hydrogens is 384 g/mol. The summed E-state index contributed by atoms with van der Waals surface area (Å²) < 4.78 is 0. The largest absolute Gasteiger partial charge is 0.339 e. The summed E-state index contributed by atoms with van der Waals surface area (Å²) in [6.07, 6.45) is 2.23. The molecule has 0 bridgehead atoms. The van der Waals surface area contributed by atoms with Crippen molar-refractivity contribution in [1.82, 2.24) is 9.97 Å². The first-order chi connectivity index (χ1) is 14.7. The lowest BCUT2D eigenvalue weighted by atomic mass is 9.75. The lowest BCUT2D eigenvalue weighted by Crippen LogP contribution is -2.29. The van der Waals surface area contributed by atoms with Gasteiger partial charge in [0.15, 0.2) is 5.78 Å². The number of nitrogens with zero attached hydrogens (tertiary/aromatic N) is 2. The molecule has 1 aliphatic rings. The van der Waals surface area contributed by atoms with Crippen molar-refractivity contribution in [1.29, 1.82) is 0 Å². The summed E-state index contributed by atoms with van der Waals surface area (Å²) in [4.78, 5) is 22.5. The van der Waals surface area contributed by atoms with E-state index in [4.69, 9.17) is 9.97 Å². The number of benzene rings is 2. The van der Waals surface area contributed by atoms with Crippen LogP contribution >= 0.6 is 0 Å². The molecule has 0 saturated carbocycles. The van der Waals surface area contributed by atoms with Crippen molar-refractivity contribution in [2.24, 2.45) is 5.41 Å². The molecule has 0 amide bonds.